The van der Waals surface area contributed by atoms with Gasteiger partial charge in [0.2, 0.25) is 0 Å². The molecular weight excluding hydrogens is 375 g/mol. The Morgan fingerprint density at radius 1 is 1.17 bits per heavy atom. The molecule has 1 fully saturated rings. The van der Waals surface area contributed by atoms with E-state index in [0.29, 0.717) is 11.4 Å². The Labute approximate surface area is 166 Å². The van der Waals surface area contributed by atoms with Crippen molar-refractivity contribution >= 4 is 5.91 Å². The normalized spacial score (nSPS) is 13.3. The number of hydrogen-bond donors (Lipinski definition) is 1. The van der Waals surface area contributed by atoms with Gasteiger partial charge in [0.1, 0.15) is 11.6 Å². The standard InChI is InChI=1S/C21H21FN4O3/c1-29-18-10-4-14(5-11-18)19-24-25(21(28)26(19)17-8-9-17)13-12-23-20(27)15-2-6-16(22)7-3-15/h2-7,10-11,17H,8-9,12-13H2,1H3,(H,23,27). The zero-order chi connectivity index (χ0) is 20.4. The van der Waals surface area contributed by atoms with Crippen LogP contribution >= 0.6 is 0 Å². The van der Waals surface area contributed by atoms with Crippen molar-refractivity contribution in [1.82, 2.24) is 19.7 Å². The third kappa shape index (κ3) is 4.06. The molecule has 0 bridgehead atoms. The van der Waals surface area contributed by atoms with Crippen molar-refractivity contribution in [3.05, 3.63) is 70.4 Å². The molecule has 0 saturated heterocycles. The van der Waals surface area contributed by atoms with Crippen LogP contribution in [0.15, 0.2) is 53.3 Å². The largest absolute Gasteiger partial charge is 0.497 e. The molecule has 0 aliphatic heterocycles. The van der Waals surface area contributed by atoms with Gasteiger partial charge in [-0.25, -0.2) is 13.9 Å². The summed E-state index contributed by atoms with van der Waals surface area (Å²) in [6, 6.07) is 12.9. The predicted molar refractivity (Wildman–Crippen MR) is 105 cm³/mol. The molecule has 7 nitrogen and oxygen atoms in total. The van der Waals surface area contributed by atoms with E-state index in [4.69, 9.17) is 4.74 Å². The Morgan fingerprint density at radius 2 is 1.86 bits per heavy atom. The summed E-state index contributed by atoms with van der Waals surface area (Å²) in [6.45, 7) is 0.481. The minimum atomic E-state index is -0.398. The first-order chi connectivity index (χ1) is 14.1. The predicted octanol–water partition coefficient (Wildman–Crippen LogP) is 2.62. The van der Waals surface area contributed by atoms with Crippen LogP contribution in [-0.2, 0) is 6.54 Å². The summed E-state index contributed by atoms with van der Waals surface area (Å²) in [5, 5.41) is 7.24. The first-order valence-electron chi connectivity index (χ1n) is 9.44. The highest BCUT2D eigenvalue weighted by Gasteiger charge is 2.30. The van der Waals surface area contributed by atoms with Gasteiger partial charge in [-0.05, 0) is 61.4 Å². The molecule has 1 heterocycles. The molecule has 1 aliphatic carbocycles. The maximum absolute atomic E-state index is 13.0. The number of carbonyl (C=O) groups excluding carboxylic acids is 1. The Hall–Kier alpha value is -3.42. The number of nitrogens with zero attached hydrogens (tertiary/aromatic N) is 3. The number of ether oxygens (including phenoxy) is 1. The molecule has 0 spiro atoms. The molecule has 1 N–H and O–H groups in total. The van der Waals surface area contributed by atoms with Crippen LogP contribution in [0.4, 0.5) is 4.39 Å². The number of rotatable bonds is 7. The zero-order valence-corrected chi connectivity index (χ0v) is 16.0. The monoisotopic (exact) mass is 396 g/mol. The quantitative estimate of drug-likeness (QED) is 0.666. The number of carbonyl (C=O) groups is 1. The van der Waals surface area contributed by atoms with Crippen LogP contribution in [0.3, 0.4) is 0 Å². The molecule has 4 rings (SSSR count). The van der Waals surface area contributed by atoms with E-state index in [1.165, 1.54) is 28.9 Å². The van der Waals surface area contributed by atoms with Gasteiger partial charge in [0.05, 0.1) is 13.7 Å². The van der Waals surface area contributed by atoms with E-state index in [1.54, 1.807) is 11.7 Å². The van der Waals surface area contributed by atoms with E-state index in [-0.39, 0.29) is 30.7 Å². The van der Waals surface area contributed by atoms with Crippen molar-refractivity contribution in [2.45, 2.75) is 25.4 Å². The summed E-state index contributed by atoms with van der Waals surface area (Å²) in [6.07, 6.45) is 1.91. The summed E-state index contributed by atoms with van der Waals surface area (Å²) < 4.78 is 21.3. The van der Waals surface area contributed by atoms with Gasteiger partial charge in [0.25, 0.3) is 5.91 Å². The van der Waals surface area contributed by atoms with E-state index >= 15 is 0 Å². The van der Waals surface area contributed by atoms with E-state index in [9.17, 15) is 14.0 Å². The lowest BCUT2D eigenvalue weighted by Gasteiger charge is -2.04. The Bertz CT molecular complexity index is 1070. The minimum Gasteiger partial charge on any atom is -0.497 e. The van der Waals surface area contributed by atoms with Crippen LogP contribution in [0.2, 0.25) is 0 Å². The summed E-state index contributed by atoms with van der Waals surface area (Å²) in [5.41, 5.74) is 1.01. The maximum Gasteiger partial charge on any atom is 0.346 e. The zero-order valence-electron chi connectivity index (χ0n) is 16.0. The van der Waals surface area contributed by atoms with E-state index in [2.05, 4.69) is 10.4 Å². The van der Waals surface area contributed by atoms with Crippen LogP contribution in [0.5, 0.6) is 5.75 Å². The molecule has 29 heavy (non-hydrogen) atoms. The van der Waals surface area contributed by atoms with Gasteiger partial charge in [0.15, 0.2) is 5.82 Å². The summed E-state index contributed by atoms with van der Waals surface area (Å²) in [5.74, 6) is 0.627. The number of methoxy groups -OCH3 is 1. The van der Waals surface area contributed by atoms with Crippen molar-refractivity contribution < 1.29 is 13.9 Å². The van der Waals surface area contributed by atoms with Crippen LogP contribution in [0, 0.1) is 5.82 Å². The molecule has 1 amide bonds. The number of amides is 1. The summed E-state index contributed by atoms with van der Waals surface area (Å²) in [4.78, 5) is 25.0. The van der Waals surface area contributed by atoms with Crippen molar-refractivity contribution in [2.75, 3.05) is 13.7 Å². The average Bonchev–Trinajstić information content (AvgIpc) is 3.52. The fourth-order valence-electron chi connectivity index (χ4n) is 3.14. The molecule has 0 radical (unpaired) electrons. The number of hydrogen-bond acceptors (Lipinski definition) is 4. The number of benzene rings is 2. The van der Waals surface area contributed by atoms with Gasteiger partial charge in [-0.3, -0.25) is 9.36 Å². The third-order valence-corrected chi connectivity index (χ3v) is 4.85. The van der Waals surface area contributed by atoms with Crippen LogP contribution < -0.4 is 15.7 Å². The van der Waals surface area contributed by atoms with Crippen molar-refractivity contribution in [3.63, 3.8) is 0 Å². The fourth-order valence-corrected chi connectivity index (χ4v) is 3.14. The lowest BCUT2D eigenvalue weighted by atomic mass is 10.2. The molecule has 150 valence electrons. The van der Waals surface area contributed by atoms with Gasteiger partial charge in [-0.1, -0.05) is 0 Å². The second kappa shape index (κ2) is 7.90. The van der Waals surface area contributed by atoms with E-state index < -0.39 is 5.82 Å². The van der Waals surface area contributed by atoms with E-state index in [0.717, 1.165) is 24.2 Å². The number of halogens is 1. The average molecular weight is 396 g/mol. The van der Waals surface area contributed by atoms with Crippen molar-refractivity contribution in [3.8, 4) is 17.1 Å². The Morgan fingerprint density at radius 3 is 2.48 bits per heavy atom. The highest BCUT2D eigenvalue weighted by atomic mass is 19.1. The lowest BCUT2D eigenvalue weighted by molar-refractivity contribution is 0.0951. The van der Waals surface area contributed by atoms with Crippen molar-refractivity contribution in [1.29, 1.82) is 0 Å². The van der Waals surface area contributed by atoms with Gasteiger partial charge in [-0.15, -0.1) is 5.10 Å². The second-order valence-electron chi connectivity index (χ2n) is 6.92. The highest BCUT2D eigenvalue weighted by molar-refractivity contribution is 5.94. The Balaban J connectivity index is 1.49. The molecule has 3 aromatic rings. The minimum absolute atomic E-state index is 0.169. The first kappa shape index (κ1) is 18.9. The van der Waals surface area contributed by atoms with Crippen LogP contribution in [0.1, 0.15) is 29.2 Å². The topological polar surface area (TPSA) is 78.2 Å². The smallest absolute Gasteiger partial charge is 0.346 e. The van der Waals surface area contributed by atoms with Crippen LogP contribution in [-0.4, -0.2) is 33.9 Å². The lowest BCUT2D eigenvalue weighted by Crippen LogP contribution is -2.32. The summed E-state index contributed by atoms with van der Waals surface area (Å²) >= 11 is 0. The number of aromatic nitrogens is 3. The molecule has 1 aliphatic rings. The van der Waals surface area contributed by atoms with Gasteiger partial charge in [-0.2, -0.15) is 0 Å². The second-order valence-corrected chi connectivity index (χ2v) is 6.92. The molecular formula is C21H21FN4O3. The molecule has 2 aromatic carbocycles. The SMILES string of the molecule is COc1ccc(-c2nn(CCNC(=O)c3ccc(F)cc3)c(=O)n2C2CC2)cc1. The molecule has 0 unspecified atom stereocenters. The van der Waals surface area contributed by atoms with Gasteiger partial charge >= 0.3 is 5.69 Å². The maximum atomic E-state index is 13.0. The summed E-state index contributed by atoms with van der Waals surface area (Å²) in [7, 11) is 1.60. The van der Waals surface area contributed by atoms with Crippen molar-refractivity contribution in [2.24, 2.45) is 0 Å². The third-order valence-electron chi connectivity index (χ3n) is 4.85. The van der Waals surface area contributed by atoms with Gasteiger partial charge in [0, 0.05) is 23.7 Å². The molecule has 0 atom stereocenters. The van der Waals surface area contributed by atoms with E-state index in [1.807, 2.05) is 24.3 Å². The van der Waals surface area contributed by atoms with Crippen LogP contribution in [0.25, 0.3) is 11.4 Å². The molecule has 8 heteroatoms. The fraction of sp³-hybridized carbons (Fsp3) is 0.286. The molecule has 1 saturated carbocycles. The highest BCUT2D eigenvalue weighted by Crippen LogP contribution is 2.36. The number of nitrogens with one attached hydrogen (secondary N) is 1. The molecule has 1 aromatic heterocycles. The first-order valence-corrected chi connectivity index (χ1v) is 9.44. The Kier molecular flexibility index (Phi) is 5.16. The van der Waals surface area contributed by atoms with Gasteiger partial charge < -0.3 is 10.1 Å².